The Bertz CT molecular complexity index is 386. The molecule has 0 aliphatic heterocycles. The van der Waals surface area contributed by atoms with Crippen LogP contribution in [0.3, 0.4) is 0 Å². The highest BCUT2D eigenvalue weighted by atomic mass is 16.4. The molecule has 0 saturated carbocycles. The van der Waals surface area contributed by atoms with Crippen molar-refractivity contribution in [2.75, 3.05) is 0 Å². The van der Waals surface area contributed by atoms with Crippen molar-refractivity contribution < 1.29 is 19.5 Å². The monoisotopic (exact) mass is 300 g/mol. The number of nitrogens with one attached hydrogen (secondary N) is 2. The number of hydrogen-bond acceptors (Lipinski definition) is 3. The average Bonchev–Trinajstić information content (AvgIpc) is 2.24. The van der Waals surface area contributed by atoms with Gasteiger partial charge in [0.05, 0.1) is 0 Å². The van der Waals surface area contributed by atoms with Crippen LogP contribution in [0.2, 0.25) is 0 Å². The maximum absolute atomic E-state index is 12.0. The van der Waals surface area contributed by atoms with Gasteiger partial charge in [0.1, 0.15) is 12.1 Å². The van der Waals surface area contributed by atoms with Crippen LogP contribution in [0.1, 0.15) is 54.4 Å². The van der Waals surface area contributed by atoms with Crippen molar-refractivity contribution in [1.29, 1.82) is 0 Å². The van der Waals surface area contributed by atoms with Crippen molar-refractivity contribution >= 4 is 17.8 Å². The maximum Gasteiger partial charge on any atom is 0.326 e. The van der Waals surface area contributed by atoms with Gasteiger partial charge in [-0.2, -0.15) is 0 Å². The van der Waals surface area contributed by atoms with Gasteiger partial charge in [0.15, 0.2) is 0 Å². The summed E-state index contributed by atoms with van der Waals surface area (Å²) in [5, 5.41) is 14.1. The zero-order valence-electron chi connectivity index (χ0n) is 13.8. The van der Waals surface area contributed by atoms with Crippen molar-refractivity contribution in [1.82, 2.24) is 10.6 Å². The predicted molar refractivity (Wildman–Crippen MR) is 80.7 cm³/mol. The molecule has 0 aliphatic rings. The number of amides is 2. The third-order valence-corrected chi connectivity index (χ3v) is 2.78. The highest BCUT2D eigenvalue weighted by Crippen LogP contribution is 2.17. The second kappa shape index (κ2) is 8.00. The Hall–Kier alpha value is -1.59. The molecule has 0 aliphatic carbocycles. The lowest BCUT2D eigenvalue weighted by atomic mass is 9.92. The largest absolute Gasteiger partial charge is 0.480 e. The highest BCUT2D eigenvalue weighted by Gasteiger charge is 2.25. The Kier molecular flexibility index (Phi) is 7.39. The minimum Gasteiger partial charge on any atom is -0.480 e. The molecule has 6 nitrogen and oxygen atoms in total. The molecule has 0 aromatic rings. The van der Waals surface area contributed by atoms with Crippen LogP contribution in [0.4, 0.5) is 0 Å². The summed E-state index contributed by atoms with van der Waals surface area (Å²) in [6, 6.07) is -1.69. The second-order valence-corrected chi connectivity index (χ2v) is 7.06. The van der Waals surface area contributed by atoms with Gasteiger partial charge in [-0.1, -0.05) is 34.6 Å². The highest BCUT2D eigenvalue weighted by molar-refractivity contribution is 5.90. The average molecular weight is 300 g/mol. The number of rotatable bonds is 7. The van der Waals surface area contributed by atoms with E-state index in [1.54, 1.807) is 6.92 Å². The van der Waals surface area contributed by atoms with E-state index in [2.05, 4.69) is 10.6 Å². The van der Waals surface area contributed by atoms with Crippen LogP contribution in [0, 0.1) is 11.3 Å². The standard InChI is InChI=1S/C15H28N2O4/c1-9(2)7-11(14(20)21)17-13(19)10(3)16-12(18)8-15(4,5)6/h9-11H,7-8H2,1-6H3,(H,16,18)(H,17,19)(H,20,21). The Morgan fingerprint density at radius 1 is 1.05 bits per heavy atom. The Labute approximate surface area is 126 Å². The Morgan fingerprint density at radius 3 is 1.95 bits per heavy atom. The van der Waals surface area contributed by atoms with Crippen molar-refractivity contribution in [3.63, 3.8) is 0 Å². The molecule has 0 saturated heterocycles. The zero-order valence-corrected chi connectivity index (χ0v) is 13.8. The molecule has 0 aromatic heterocycles. The molecule has 0 radical (unpaired) electrons. The number of carboxylic acids is 1. The second-order valence-electron chi connectivity index (χ2n) is 7.06. The lowest BCUT2D eigenvalue weighted by Gasteiger charge is -2.22. The van der Waals surface area contributed by atoms with Gasteiger partial charge in [0.25, 0.3) is 0 Å². The summed E-state index contributed by atoms with van der Waals surface area (Å²) < 4.78 is 0. The number of carbonyl (C=O) groups excluding carboxylic acids is 2. The first kappa shape index (κ1) is 19.4. The molecule has 0 heterocycles. The van der Waals surface area contributed by atoms with Crippen molar-refractivity contribution in [2.24, 2.45) is 11.3 Å². The van der Waals surface area contributed by atoms with E-state index in [0.29, 0.717) is 12.8 Å². The number of hydrogen-bond donors (Lipinski definition) is 3. The third-order valence-electron chi connectivity index (χ3n) is 2.78. The van der Waals surface area contributed by atoms with E-state index >= 15 is 0 Å². The van der Waals surface area contributed by atoms with Crippen LogP contribution >= 0.6 is 0 Å². The molecule has 21 heavy (non-hydrogen) atoms. The van der Waals surface area contributed by atoms with Gasteiger partial charge in [-0.25, -0.2) is 4.79 Å². The molecule has 122 valence electrons. The summed E-state index contributed by atoms with van der Waals surface area (Å²) in [5.41, 5.74) is -0.165. The van der Waals surface area contributed by atoms with E-state index in [-0.39, 0.29) is 17.2 Å². The fraction of sp³-hybridized carbons (Fsp3) is 0.800. The van der Waals surface area contributed by atoms with Gasteiger partial charge >= 0.3 is 5.97 Å². The first-order valence-corrected chi connectivity index (χ1v) is 7.25. The van der Waals surface area contributed by atoms with E-state index in [1.165, 1.54) is 0 Å². The zero-order chi connectivity index (χ0) is 16.8. The topological polar surface area (TPSA) is 95.5 Å². The summed E-state index contributed by atoms with van der Waals surface area (Å²) in [6.45, 7) is 11.1. The molecule has 2 amide bonds. The molecule has 0 rings (SSSR count). The minimum absolute atomic E-state index is 0.150. The van der Waals surface area contributed by atoms with Crippen LogP contribution in [0.5, 0.6) is 0 Å². The molecule has 0 spiro atoms. The summed E-state index contributed by atoms with van der Waals surface area (Å²) in [7, 11) is 0. The van der Waals surface area contributed by atoms with Crippen molar-refractivity contribution in [2.45, 2.75) is 66.5 Å². The lowest BCUT2D eigenvalue weighted by molar-refractivity contribution is -0.142. The van der Waals surface area contributed by atoms with Gasteiger partial charge < -0.3 is 15.7 Å². The molecule has 3 N–H and O–H groups in total. The maximum atomic E-state index is 12.0. The molecule has 0 fully saturated rings. The Morgan fingerprint density at radius 2 is 1.57 bits per heavy atom. The van der Waals surface area contributed by atoms with Gasteiger partial charge in [0.2, 0.25) is 11.8 Å². The van der Waals surface area contributed by atoms with Crippen molar-refractivity contribution in [3.8, 4) is 0 Å². The van der Waals surface area contributed by atoms with E-state index in [9.17, 15) is 14.4 Å². The number of aliphatic carboxylic acids is 1. The molecule has 6 heteroatoms. The van der Waals surface area contributed by atoms with Crippen LogP contribution in [-0.2, 0) is 14.4 Å². The van der Waals surface area contributed by atoms with Gasteiger partial charge in [-0.3, -0.25) is 9.59 Å². The van der Waals surface area contributed by atoms with Crippen LogP contribution in [0.15, 0.2) is 0 Å². The molecule has 2 unspecified atom stereocenters. The lowest BCUT2D eigenvalue weighted by Crippen LogP contribution is -2.51. The number of carbonyl (C=O) groups is 3. The summed E-state index contributed by atoms with van der Waals surface area (Å²) >= 11 is 0. The van der Waals surface area contributed by atoms with E-state index in [0.717, 1.165) is 0 Å². The van der Waals surface area contributed by atoms with Crippen LogP contribution in [0.25, 0.3) is 0 Å². The SMILES string of the molecule is CC(C)CC(NC(=O)C(C)NC(=O)CC(C)(C)C)C(=O)O. The minimum atomic E-state index is -1.06. The normalized spacial score (nSPS) is 14.4. The van der Waals surface area contributed by atoms with E-state index in [4.69, 9.17) is 5.11 Å². The fourth-order valence-corrected chi connectivity index (χ4v) is 1.83. The first-order chi connectivity index (χ1) is 9.42. The van der Waals surface area contributed by atoms with Gasteiger partial charge in [-0.15, -0.1) is 0 Å². The Balaban J connectivity index is 4.49. The van der Waals surface area contributed by atoms with E-state index < -0.39 is 24.0 Å². The third kappa shape index (κ3) is 9.05. The molecule has 0 aromatic carbocycles. The van der Waals surface area contributed by atoms with Crippen LogP contribution < -0.4 is 10.6 Å². The van der Waals surface area contributed by atoms with Crippen LogP contribution in [-0.4, -0.2) is 35.0 Å². The summed E-state index contributed by atoms with van der Waals surface area (Å²) in [6.07, 6.45) is 0.655. The molecular weight excluding hydrogens is 272 g/mol. The van der Waals surface area contributed by atoms with Gasteiger partial charge in [-0.05, 0) is 24.7 Å². The molecule has 2 atom stereocenters. The fourth-order valence-electron chi connectivity index (χ4n) is 1.83. The summed E-state index contributed by atoms with van der Waals surface area (Å²) in [4.78, 5) is 34.8. The molecule has 0 bridgehead atoms. The quantitative estimate of drug-likeness (QED) is 0.664. The number of carboxylic acid groups (broad SMARTS) is 1. The summed E-state index contributed by atoms with van der Waals surface area (Å²) in [5.74, 6) is -1.62. The van der Waals surface area contributed by atoms with E-state index in [1.807, 2.05) is 34.6 Å². The predicted octanol–water partition coefficient (Wildman–Crippen LogP) is 1.54. The van der Waals surface area contributed by atoms with Crippen molar-refractivity contribution in [3.05, 3.63) is 0 Å². The van der Waals surface area contributed by atoms with Gasteiger partial charge in [0, 0.05) is 6.42 Å². The first-order valence-electron chi connectivity index (χ1n) is 7.25. The molecular formula is C15H28N2O4. The smallest absolute Gasteiger partial charge is 0.326 e.